The van der Waals surface area contributed by atoms with Crippen molar-refractivity contribution in [3.63, 3.8) is 0 Å². The number of nitrogens with zero attached hydrogens (tertiary/aromatic N) is 5. The number of hydrogen-bond donors (Lipinski definition) is 0. The number of carbonyl (C=O) groups is 2. The van der Waals surface area contributed by atoms with Gasteiger partial charge >= 0.3 is 0 Å². The summed E-state index contributed by atoms with van der Waals surface area (Å²) in [6.07, 6.45) is 5.54. The number of anilines is 1. The maximum absolute atomic E-state index is 13.7. The van der Waals surface area contributed by atoms with Crippen LogP contribution in [0.1, 0.15) is 31.0 Å². The molecule has 0 aliphatic carbocycles. The molecule has 1 aliphatic heterocycles. The number of hydrogen-bond acceptors (Lipinski definition) is 4. The minimum absolute atomic E-state index is 0.0162. The van der Waals surface area contributed by atoms with E-state index >= 15 is 0 Å². The predicted octanol–water partition coefficient (Wildman–Crippen LogP) is 4.71. The van der Waals surface area contributed by atoms with Crippen LogP contribution in [0, 0.1) is 0 Å². The van der Waals surface area contributed by atoms with Crippen molar-refractivity contribution >= 4 is 28.4 Å². The fourth-order valence-electron chi connectivity index (χ4n) is 5.31. The van der Waals surface area contributed by atoms with E-state index in [-0.39, 0.29) is 18.4 Å². The van der Waals surface area contributed by atoms with Gasteiger partial charge in [-0.3, -0.25) is 19.5 Å². The van der Waals surface area contributed by atoms with Crippen LogP contribution >= 0.6 is 0 Å². The molecule has 0 saturated heterocycles. The van der Waals surface area contributed by atoms with Gasteiger partial charge < -0.3 is 14.4 Å². The fourth-order valence-corrected chi connectivity index (χ4v) is 5.31. The van der Waals surface area contributed by atoms with Gasteiger partial charge in [-0.1, -0.05) is 42.5 Å². The molecule has 1 aliphatic rings. The summed E-state index contributed by atoms with van der Waals surface area (Å²) in [6, 6.07) is 24.2. The molecule has 2 aromatic carbocycles. The molecule has 2 amide bonds. The van der Waals surface area contributed by atoms with Gasteiger partial charge in [-0.2, -0.15) is 0 Å². The summed E-state index contributed by atoms with van der Waals surface area (Å²) >= 11 is 0. The summed E-state index contributed by atoms with van der Waals surface area (Å²) in [6.45, 7) is 6.11. The zero-order valence-electron chi connectivity index (χ0n) is 22.0. The first-order chi connectivity index (χ1) is 18.6. The molecule has 38 heavy (non-hydrogen) atoms. The van der Waals surface area contributed by atoms with Gasteiger partial charge in [0.15, 0.2) is 0 Å². The SMILES string of the molecule is CC(=O)N1CCCN(Cc2ccccn2)CCCN(C(=O)Cn2ccc3ccccc32)Cc2ccccc21. The first-order valence-corrected chi connectivity index (χ1v) is 13.4. The Hall–Kier alpha value is -3.97. The molecule has 0 fully saturated rings. The van der Waals surface area contributed by atoms with Crippen LogP contribution in [0.3, 0.4) is 0 Å². The van der Waals surface area contributed by atoms with Crippen LogP contribution < -0.4 is 4.90 Å². The van der Waals surface area contributed by atoms with Crippen molar-refractivity contribution in [2.45, 2.75) is 39.4 Å². The Morgan fingerprint density at radius 3 is 2.42 bits per heavy atom. The van der Waals surface area contributed by atoms with Gasteiger partial charge in [0.1, 0.15) is 6.54 Å². The van der Waals surface area contributed by atoms with Crippen LogP contribution in [0.25, 0.3) is 10.9 Å². The first-order valence-electron chi connectivity index (χ1n) is 13.4. The third kappa shape index (κ3) is 6.11. The highest BCUT2D eigenvalue weighted by molar-refractivity contribution is 5.92. The minimum atomic E-state index is 0.0162. The van der Waals surface area contributed by atoms with Crippen molar-refractivity contribution in [3.05, 3.63) is 96.4 Å². The molecule has 7 heteroatoms. The van der Waals surface area contributed by atoms with E-state index in [2.05, 4.69) is 28.1 Å². The van der Waals surface area contributed by atoms with Gasteiger partial charge in [0.2, 0.25) is 11.8 Å². The number of amides is 2. The maximum atomic E-state index is 13.7. The molecule has 0 spiro atoms. The van der Waals surface area contributed by atoms with E-state index in [0.717, 1.165) is 60.3 Å². The van der Waals surface area contributed by atoms with E-state index in [0.29, 0.717) is 19.6 Å². The Morgan fingerprint density at radius 2 is 1.61 bits per heavy atom. The third-order valence-corrected chi connectivity index (χ3v) is 7.23. The molecular weight excluding hydrogens is 474 g/mol. The average Bonchev–Trinajstić information content (AvgIpc) is 3.33. The summed E-state index contributed by atoms with van der Waals surface area (Å²) in [7, 11) is 0. The number of para-hydroxylation sites is 2. The van der Waals surface area contributed by atoms with Crippen LogP contribution in [0.5, 0.6) is 0 Å². The number of pyridine rings is 1. The van der Waals surface area contributed by atoms with E-state index in [1.54, 1.807) is 6.92 Å². The van der Waals surface area contributed by atoms with Crippen molar-refractivity contribution in [1.29, 1.82) is 0 Å². The molecule has 0 radical (unpaired) electrons. The monoisotopic (exact) mass is 509 g/mol. The van der Waals surface area contributed by atoms with Gasteiger partial charge in [-0.15, -0.1) is 0 Å². The van der Waals surface area contributed by atoms with Crippen LogP contribution in [0.4, 0.5) is 5.69 Å². The van der Waals surface area contributed by atoms with E-state index in [4.69, 9.17) is 0 Å². The Kier molecular flexibility index (Phi) is 8.14. The lowest BCUT2D eigenvalue weighted by Gasteiger charge is -2.31. The van der Waals surface area contributed by atoms with Crippen LogP contribution in [0.15, 0.2) is 85.2 Å². The second-order valence-electron chi connectivity index (χ2n) is 9.92. The van der Waals surface area contributed by atoms with Gasteiger partial charge in [0, 0.05) is 69.8 Å². The normalized spacial score (nSPS) is 15.5. The summed E-state index contributed by atoms with van der Waals surface area (Å²) in [5, 5.41) is 1.13. The second kappa shape index (κ2) is 12.0. The number of aromatic nitrogens is 2. The molecular formula is C31H35N5O2. The lowest BCUT2D eigenvalue weighted by Crippen LogP contribution is -2.39. The van der Waals surface area contributed by atoms with E-state index in [9.17, 15) is 9.59 Å². The second-order valence-corrected chi connectivity index (χ2v) is 9.92. The standard InChI is InChI=1S/C31H35N5O2/c1-25(37)36-20-9-18-33(23-28-12-6-7-16-32-28)17-8-19-35(22-27-11-3-5-14-30(27)36)31(38)24-34-21-15-26-10-2-4-13-29(26)34/h2-7,10-16,21H,8-9,17-20,22-24H2,1H3. The van der Waals surface area contributed by atoms with Crippen LogP contribution in [0.2, 0.25) is 0 Å². The molecule has 0 bridgehead atoms. The molecule has 2 aromatic heterocycles. The zero-order chi connectivity index (χ0) is 26.3. The van der Waals surface area contributed by atoms with Gasteiger partial charge in [0.05, 0.1) is 5.69 Å². The number of rotatable bonds is 4. The quantitative estimate of drug-likeness (QED) is 0.400. The van der Waals surface area contributed by atoms with E-state index in [1.165, 1.54) is 0 Å². The molecule has 0 saturated carbocycles. The number of fused-ring (bicyclic) bond motifs is 2. The smallest absolute Gasteiger partial charge is 0.242 e. The lowest BCUT2D eigenvalue weighted by atomic mass is 10.1. The number of benzene rings is 2. The largest absolute Gasteiger partial charge is 0.338 e. The van der Waals surface area contributed by atoms with Crippen LogP contribution in [-0.4, -0.2) is 57.3 Å². The minimum Gasteiger partial charge on any atom is -0.338 e. The molecule has 5 rings (SSSR count). The first kappa shape index (κ1) is 25.7. The van der Waals surface area contributed by atoms with Gasteiger partial charge in [-0.05, 0) is 54.1 Å². The Balaban J connectivity index is 1.41. The third-order valence-electron chi connectivity index (χ3n) is 7.23. The Morgan fingerprint density at radius 1 is 0.842 bits per heavy atom. The van der Waals surface area contributed by atoms with E-state index < -0.39 is 0 Å². The highest BCUT2D eigenvalue weighted by Gasteiger charge is 2.22. The van der Waals surface area contributed by atoms with Crippen LogP contribution in [-0.2, 0) is 29.2 Å². The summed E-state index contributed by atoms with van der Waals surface area (Å²) in [5.74, 6) is 0.0892. The van der Waals surface area contributed by atoms with Crippen molar-refractivity contribution in [2.24, 2.45) is 0 Å². The molecule has 0 unspecified atom stereocenters. The Labute approximate surface area is 224 Å². The van der Waals surface area contributed by atoms with Gasteiger partial charge in [0.25, 0.3) is 0 Å². The van der Waals surface area contributed by atoms with Gasteiger partial charge in [-0.25, -0.2) is 0 Å². The van der Waals surface area contributed by atoms with E-state index in [1.807, 2.05) is 81.4 Å². The topological polar surface area (TPSA) is 61.7 Å². The summed E-state index contributed by atoms with van der Waals surface area (Å²) < 4.78 is 2.02. The maximum Gasteiger partial charge on any atom is 0.242 e. The molecule has 4 aromatic rings. The molecule has 3 heterocycles. The fraction of sp³-hybridized carbons (Fsp3) is 0.323. The molecule has 7 nitrogen and oxygen atoms in total. The van der Waals surface area contributed by atoms with Crippen molar-refractivity contribution in [2.75, 3.05) is 31.1 Å². The zero-order valence-corrected chi connectivity index (χ0v) is 22.0. The van der Waals surface area contributed by atoms with Crippen molar-refractivity contribution < 1.29 is 9.59 Å². The lowest BCUT2D eigenvalue weighted by molar-refractivity contribution is -0.132. The summed E-state index contributed by atoms with van der Waals surface area (Å²) in [4.78, 5) is 37.2. The Bertz CT molecular complexity index is 1380. The van der Waals surface area contributed by atoms with Crippen molar-refractivity contribution in [1.82, 2.24) is 19.4 Å². The highest BCUT2D eigenvalue weighted by atomic mass is 16.2. The number of carbonyl (C=O) groups excluding carboxylic acids is 2. The average molecular weight is 510 g/mol. The molecule has 196 valence electrons. The molecule has 0 N–H and O–H groups in total. The predicted molar refractivity (Wildman–Crippen MR) is 151 cm³/mol. The molecule has 0 atom stereocenters. The highest BCUT2D eigenvalue weighted by Crippen LogP contribution is 2.24. The van der Waals surface area contributed by atoms with Crippen molar-refractivity contribution in [3.8, 4) is 0 Å². The summed E-state index contributed by atoms with van der Waals surface area (Å²) in [5.41, 5.74) is 3.97.